The van der Waals surface area contributed by atoms with Gasteiger partial charge in [-0.05, 0) is 54.0 Å². The van der Waals surface area contributed by atoms with Crippen LogP contribution in [-0.2, 0) is 14.8 Å². The number of rotatable bonds is 6. The summed E-state index contributed by atoms with van der Waals surface area (Å²) in [7, 11) is -2.63. The molecule has 0 saturated carbocycles. The predicted molar refractivity (Wildman–Crippen MR) is 108 cm³/mol. The number of halogens is 1. The number of carboxylic acids is 1. The van der Waals surface area contributed by atoms with E-state index in [0.29, 0.717) is 29.7 Å². The first kappa shape index (κ1) is 20.4. The van der Waals surface area contributed by atoms with Crippen LogP contribution in [-0.4, -0.2) is 39.8 Å². The largest absolute Gasteiger partial charge is 0.495 e. The molecule has 0 spiro atoms. The van der Waals surface area contributed by atoms with Gasteiger partial charge in [-0.2, -0.15) is 0 Å². The first-order chi connectivity index (χ1) is 13.3. The monoisotopic (exact) mass is 467 g/mol. The second-order valence-corrected chi connectivity index (χ2v) is 8.63. The molecule has 1 aliphatic heterocycles. The second kappa shape index (κ2) is 8.34. The maximum absolute atomic E-state index is 12.9. The van der Waals surface area contributed by atoms with E-state index in [-0.39, 0.29) is 21.9 Å². The number of hydrogen-bond donors (Lipinski definition) is 2. The lowest BCUT2D eigenvalue weighted by molar-refractivity contribution is 0.0697. The molecule has 9 heteroatoms. The van der Waals surface area contributed by atoms with Crippen LogP contribution in [0.2, 0.25) is 0 Å². The molecule has 2 N–H and O–H groups in total. The minimum absolute atomic E-state index is 0.0104. The lowest BCUT2D eigenvalue weighted by atomic mass is 9.99. The molecule has 2 aromatic rings. The normalized spacial score (nSPS) is 14.3. The van der Waals surface area contributed by atoms with E-state index < -0.39 is 16.0 Å². The molecule has 148 valence electrons. The summed E-state index contributed by atoms with van der Waals surface area (Å²) in [4.78, 5) is 11.5. The molecule has 1 aliphatic rings. The Hall–Kier alpha value is -2.36. The SMILES string of the molecule is COc1ccc(Br)cc1S(=O)(=O)Nc1cc(C(=O)O)cc(C2=CCOCC2)c1. The van der Waals surface area contributed by atoms with Gasteiger partial charge in [0.05, 0.1) is 31.6 Å². The van der Waals surface area contributed by atoms with Crippen molar-refractivity contribution in [1.29, 1.82) is 0 Å². The number of ether oxygens (including phenoxy) is 2. The summed E-state index contributed by atoms with van der Waals surface area (Å²) in [6.07, 6.45) is 2.48. The molecule has 0 radical (unpaired) electrons. The third-order valence-corrected chi connectivity index (χ3v) is 6.08. The van der Waals surface area contributed by atoms with Crippen LogP contribution >= 0.6 is 15.9 Å². The fraction of sp³-hybridized carbons (Fsp3) is 0.211. The van der Waals surface area contributed by atoms with E-state index >= 15 is 0 Å². The van der Waals surface area contributed by atoms with E-state index in [2.05, 4.69) is 20.7 Å². The number of aromatic carboxylic acids is 1. The van der Waals surface area contributed by atoms with Crippen LogP contribution in [0, 0.1) is 0 Å². The average molecular weight is 468 g/mol. The fourth-order valence-corrected chi connectivity index (χ4v) is 4.60. The molecule has 0 aliphatic carbocycles. The third kappa shape index (κ3) is 4.54. The van der Waals surface area contributed by atoms with Crippen LogP contribution in [0.15, 0.2) is 51.8 Å². The van der Waals surface area contributed by atoms with Gasteiger partial charge in [-0.1, -0.05) is 22.0 Å². The van der Waals surface area contributed by atoms with E-state index in [4.69, 9.17) is 9.47 Å². The number of carboxylic acid groups (broad SMARTS) is 1. The van der Waals surface area contributed by atoms with Gasteiger partial charge in [-0.3, -0.25) is 4.72 Å². The van der Waals surface area contributed by atoms with Gasteiger partial charge in [-0.15, -0.1) is 0 Å². The van der Waals surface area contributed by atoms with Crippen molar-refractivity contribution in [3.63, 3.8) is 0 Å². The number of carbonyl (C=O) groups is 1. The molecule has 1 heterocycles. The Balaban J connectivity index is 2.03. The lowest BCUT2D eigenvalue weighted by Gasteiger charge is -2.17. The van der Waals surface area contributed by atoms with Crippen molar-refractivity contribution in [3.05, 3.63) is 58.1 Å². The van der Waals surface area contributed by atoms with Gasteiger partial charge in [0.15, 0.2) is 0 Å². The molecule has 0 unspecified atom stereocenters. The number of nitrogens with one attached hydrogen (secondary N) is 1. The minimum atomic E-state index is -4.01. The standard InChI is InChI=1S/C19H18BrNO6S/c1-26-17-3-2-15(20)11-18(17)28(24,25)21-16-9-13(8-14(10-16)19(22)23)12-4-6-27-7-5-12/h2-4,8-11,21H,5-7H2,1H3,(H,22,23). The smallest absolute Gasteiger partial charge is 0.335 e. The van der Waals surface area contributed by atoms with Crippen molar-refractivity contribution in [2.75, 3.05) is 25.0 Å². The van der Waals surface area contributed by atoms with Crippen molar-refractivity contribution in [3.8, 4) is 5.75 Å². The summed E-state index contributed by atoms with van der Waals surface area (Å²) in [5, 5.41) is 9.42. The number of methoxy groups -OCH3 is 1. The Morgan fingerprint density at radius 2 is 2.04 bits per heavy atom. The topological polar surface area (TPSA) is 102 Å². The first-order valence-electron chi connectivity index (χ1n) is 8.32. The van der Waals surface area contributed by atoms with Crippen molar-refractivity contribution in [2.24, 2.45) is 0 Å². The number of sulfonamides is 1. The minimum Gasteiger partial charge on any atom is -0.495 e. The molecular weight excluding hydrogens is 450 g/mol. The molecule has 0 amide bonds. The molecule has 0 bridgehead atoms. The molecule has 0 aromatic heterocycles. The molecule has 0 fully saturated rings. The Kier molecular flexibility index (Phi) is 6.07. The van der Waals surface area contributed by atoms with Crippen LogP contribution in [0.4, 0.5) is 5.69 Å². The van der Waals surface area contributed by atoms with E-state index in [9.17, 15) is 18.3 Å². The summed E-state index contributed by atoms with van der Waals surface area (Å²) >= 11 is 3.25. The highest BCUT2D eigenvalue weighted by Crippen LogP contribution is 2.31. The quantitative estimate of drug-likeness (QED) is 0.670. The van der Waals surface area contributed by atoms with E-state index in [1.54, 1.807) is 12.1 Å². The lowest BCUT2D eigenvalue weighted by Crippen LogP contribution is -2.15. The van der Waals surface area contributed by atoms with Crippen molar-refractivity contribution in [1.82, 2.24) is 0 Å². The zero-order valence-corrected chi connectivity index (χ0v) is 17.3. The van der Waals surface area contributed by atoms with Gasteiger partial charge in [0.25, 0.3) is 10.0 Å². The van der Waals surface area contributed by atoms with Gasteiger partial charge in [0.2, 0.25) is 0 Å². The summed E-state index contributed by atoms with van der Waals surface area (Å²) in [6.45, 7) is 0.961. The van der Waals surface area contributed by atoms with Crippen LogP contribution < -0.4 is 9.46 Å². The average Bonchev–Trinajstić information content (AvgIpc) is 2.68. The summed E-state index contributed by atoms with van der Waals surface area (Å²) in [6, 6.07) is 9.05. The fourth-order valence-electron chi connectivity index (χ4n) is 2.86. The van der Waals surface area contributed by atoms with Gasteiger partial charge < -0.3 is 14.6 Å². The summed E-state index contributed by atoms with van der Waals surface area (Å²) in [5.74, 6) is -0.965. The Morgan fingerprint density at radius 1 is 1.25 bits per heavy atom. The molecule has 7 nitrogen and oxygen atoms in total. The van der Waals surface area contributed by atoms with E-state index in [0.717, 1.165) is 5.57 Å². The molecule has 28 heavy (non-hydrogen) atoms. The Morgan fingerprint density at radius 3 is 2.68 bits per heavy atom. The molecular formula is C19H18BrNO6S. The first-order valence-corrected chi connectivity index (χ1v) is 10.6. The highest BCUT2D eigenvalue weighted by molar-refractivity contribution is 9.10. The number of anilines is 1. The number of hydrogen-bond acceptors (Lipinski definition) is 5. The predicted octanol–water partition coefficient (Wildman–Crippen LogP) is 3.76. The van der Waals surface area contributed by atoms with Crippen molar-refractivity contribution >= 4 is 43.2 Å². The third-order valence-electron chi connectivity index (χ3n) is 4.18. The van der Waals surface area contributed by atoms with Crippen molar-refractivity contribution in [2.45, 2.75) is 11.3 Å². The molecule has 0 atom stereocenters. The zero-order valence-electron chi connectivity index (χ0n) is 14.9. The van der Waals surface area contributed by atoms with Crippen LogP contribution in [0.5, 0.6) is 5.75 Å². The van der Waals surface area contributed by atoms with Crippen molar-refractivity contribution < 1.29 is 27.8 Å². The highest BCUT2D eigenvalue weighted by atomic mass is 79.9. The Bertz CT molecular complexity index is 1050. The summed E-state index contributed by atoms with van der Waals surface area (Å²) < 4.78 is 39.3. The number of benzene rings is 2. The second-order valence-electron chi connectivity index (χ2n) is 6.06. The molecule has 2 aromatic carbocycles. The van der Waals surface area contributed by atoms with Gasteiger partial charge in [0, 0.05) is 4.47 Å². The van der Waals surface area contributed by atoms with Crippen LogP contribution in [0.1, 0.15) is 22.3 Å². The van der Waals surface area contributed by atoms with Gasteiger partial charge >= 0.3 is 5.97 Å². The van der Waals surface area contributed by atoms with Gasteiger partial charge in [0.1, 0.15) is 10.6 Å². The maximum atomic E-state index is 12.9. The van der Waals surface area contributed by atoms with E-state index in [1.807, 2.05) is 6.08 Å². The summed E-state index contributed by atoms with van der Waals surface area (Å²) in [5.41, 5.74) is 1.70. The molecule has 0 saturated heterocycles. The van der Waals surface area contributed by atoms with E-state index in [1.165, 1.54) is 31.4 Å². The maximum Gasteiger partial charge on any atom is 0.335 e. The van der Waals surface area contributed by atoms with Gasteiger partial charge in [-0.25, -0.2) is 13.2 Å². The molecule has 3 rings (SSSR count). The van der Waals surface area contributed by atoms with Crippen LogP contribution in [0.3, 0.4) is 0 Å². The zero-order chi connectivity index (χ0) is 20.3. The highest BCUT2D eigenvalue weighted by Gasteiger charge is 2.21. The Labute approximate surface area is 171 Å². The van der Waals surface area contributed by atoms with Crippen LogP contribution in [0.25, 0.3) is 5.57 Å².